The van der Waals surface area contributed by atoms with Crippen molar-refractivity contribution in [3.05, 3.63) is 34.9 Å². The number of benzene rings is 1. The number of likely N-dealkylation sites (tertiary alicyclic amines) is 1. The minimum absolute atomic E-state index is 0. The number of nitrogens with zero attached hydrogens (tertiary/aromatic N) is 1. The standard InChI is InChI=1S/C17H25ClN2O2.ClH/c1-12(19)10-15(21)20-9-8-17(22,16(2,3)11-20)13-4-6-14(18)7-5-13;/h4-7,12,22H,8-11,19H2,1-3H3;1H/t12-,17+;/m1./s1. The average Bonchev–Trinajstić information content (AvgIpc) is 2.41. The van der Waals surface area contributed by atoms with Gasteiger partial charge in [-0.3, -0.25) is 4.79 Å². The van der Waals surface area contributed by atoms with E-state index in [0.717, 1.165) is 5.56 Å². The maximum Gasteiger partial charge on any atom is 0.224 e. The van der Waals surface area contributed by atoms with Crippen LogP contribution in [0.2, 0.25) is 5.02 Å². The summed E-state index contributed by atoms with van der Waals surface area (Å²) in [7, 11) is 0. The van der Waals surface area contributed by atoms with Gasteiger partial charge < -0.3 is 15.7 Å². The van der Waals surface area contributed by atoms with Crippen molar-refractivity contribution in [2.24, 2.45) is 11.1 Å². The van der Waals surface area contributed by atoms with E-state index in [1.54, 1.807) is 12.1 Å². The lowest BCUT2D eigenvalue weighted by Gasteiger charge is -2.50. The van der Waals surface area contributed by atoms with E-state index in [9.17, 15) is 9.90 Å². The SMILES string of the molecule is C[C@@H](N)CC(=O)N1CC[C@](O)(c2ccc(Cl)cc2)C(C)(C)C1.Cl. The molecular formula is C17H26Cl2N2O2. The van der Waals surface area contributed by atoms with Crippen LogP contribution in [0, 0.1) is 5.41 Å². The minimum atomic E-state index is -0.970. The van der Waals surface area contributed by atoms with Gasteiger partial charge >= 0.3 is 0 Å². The van der Waals surface area contributed by atoms with Gasteiger partial charge in [-0.1, -0.05) is 37.6 Å². The lowest BCUT2D eigenvalue weighted by Crippen LogP contribution is -2.57. The van der Waals surface area contributed by atoms with Gasteiger partial charge in [0.25, 0.3) is 0 Å². The molecule has 2 rings (SSSR count). The van der Waals surface area contributed by atoms with Gasteiger partial charge in [-0.2, -0.15) is 0 Å². The molecule has 3 N–H and O–H groups in total. The molecule has 4 nitrogen and oxygen atoms in total. The van der Waals surface area contributed by atoms with E-state index in [2.05, 4.69) is 0 Å². The highest BCUT2D eigenvalue weighted by Crippen LogP contribution is 2.46. The molecule has 1 aliphatic heterocycles. The molecule has 0 aromatic heterocycles. The second-order valence-electron chi connectivity index (χ2n) is 7.00. The highest BCUT2D eigenvalue weighted by Gasteiger charge is 2.49. The van der Waals surface area contributed by atoms with Crippen LogP contribution in [0.5, 0.6) is 0 Å². The Labute approximate surface area is 149 Å². The molecule has 0 radical (unpaired) electrons. The van der Waals surface area contributed by atoms with E-state index in [1.807, 2.05) is 37.8 Å². The Morgan fingerprint density at radius 1 is 1.39 bits per heavy atom. The predicted molar refractivity (Wildman–Crippen MR) is 95.8 cm³/mol. The number of hydrogen-bond acceptors (Lipinski definition) is 3. The molecule has 0 bridgehead atoms. The number of carbonyl (C=O) groups is 1. The number of rotatable bonds is 3. The van der Waals surface area contributed by atoms with Crippen LogP contribution in [0.4, 0.5) is 0 Å². The summed E-state index contributed by atoms with van der Waals surface area (Å²) in [5.74, 6) is 0.0567. The first-order chi connectivity index (χ1) is 10.2. The third-order valence-corrected chi connectivity index (χ3v) is 4.87. The first-order valence-corrected chi connectivity index (χ1v) is 8.05. The summed E-state index contributed by atoms with van der Waals surface area (Å²) in [6.07, 6.45) is 0.849. The molecule has 1 heterocycles. The number of amides is 1. The third-order valence-electron chi connectivity index (χ3n) is 4.62. The number of hydrogen-bond donors (Lipinski definition) is 2. The van der Waals surface area contributed by atoms with E-state index in [-0.39, 0.29) is 24.4 Å². The summed E-state index contributed by atoms with van der Waals surface area (Å²) in [4.78, 5) is 14.0. The molecule has 1 aromatic carbocycles. The fourth-order valence-corrected chi connectivity index (χ4v) is 3.33. The van der Waals surface area contributed by atoms with Crippen molar-refractivity contribution in [1.82, 2.24) is 4.90 Å². The van der Waals surface area contributed by atoms with Gasteiger partial charge in [0.05, 0.1) is 5.60 Å². The molecule has 1 aliphatic rings. The van der Waals surface area contributed by atoms with Crippen LogP contribution in [0.3, 0.4) is 0 Å². The second kappa shape index (κ2) is 7.39. The molecule has 0 saturated carbocycles. The Morgan fingerprint density at radius 3 is 2.43 bits per heavy atom. The van der Waals surface area contributed by atoms with Crippen molar-refractivity contribution in [2.45, 2.75) is 45.3 Å². The van der Waals surface area contributed by atoms with Crippen molar-refractivity contribution in [3.8, 4) is 0 Å². The van der Waals surface area contributed by atoms with Gasteiger partial charge in [0.15, 0.2) is 0 Å². The average molecular weight is 361 g/mol. The Hall–Kier alpha value is -0.810. The number of halogens is 2. The molecule has 0 spiro atoms. The summed E-state index contributed by atoms with van der Waals surface area (Å²) in [6, 6.07) is 7.16. The maximum absolute atomic E-state index is 12.2. The molecule has 23 heavy (non-hydrogen) atoms. The van der Waals surface area contributed by atoms with Gasteiger partial charge in [-0.15, -0.1) is 12.4 Å². The van der Waals surface area contributed by atoms with Gasteiger partial charge in [0.1, 0.15) is 0 Å². The van der Waals surface area contributed by atoms with Crippen LogP contribution in [-0.2, 0) is 10.4 Å². The van der Waals surface area contributed by atoms with Gasteiger partial charge in [-0.05, 0) is 31.0 Å². The molecule has 0 aliphatic carbocycles. The fraction of sp³-hybridized carbons (Fsp3) is 0.588. The lowest BCUT2D eigenvalue weighted by molar-refractivity contribution is -0.153. The van der Waals surface area contributed by atoms with Crippen LogP contribution in [0.25, 0.3) is 0 Å². The van der Waals surface area contributed by atoms with Crippen LogP contribution >= 0.6 is 24.0 Å². The zero-order chi connectivity index (χ0) is 16.5. The molecule has 1 amide bonds. The molecule has 1 fully saturated rings. The van der Waals surface area contributed by atoms with E-state index in [1.165, 1.54) is 0 Å². The van der Waals surface area contributed by atoms with Crippen molar-refractivity contribution < 1.29 is 9.90 Å². The second-order valence-corrected chi connectivity index (χ2v) is 7.43. The number of carbonyl (C=O) groups excluding carboxylic acids is 1. The fourth-order valence-electron chi connectivity index (χ4n) is 3.20. The number of nitrogens with two attached hydrogens (primary N) is 1. The maximum atomic E-state index is 12.2. The van der Waals surface area contributed by atoms with E-state index >= 15 is 0 Å². The Kier molecular flexibility index (Phi) is 6.50. The van der Waals surface area contributed by atoms with Gasteiger partial charge in [0.2, 0.25) is 5.91 Å². The van der Waals surface area contributed by atoms with Crippen LogP contribution in [0.1, 0.15) is 39.2 Å². The predicted octanol–water partition coefficient (Wildman–Crippen LogP) is 2.95. The molecule has 2 atom stereocenters. The van der Waals surface area contributed by atoms with Crippen molar-refractivity contribution >= 4 is 29.9 Å². The van der Waals surface area contributed by atoms with Crippen molar-refractivity contribution in [1.29, 1.82) is 0 Å². The lowest BCUT2D eigenvalue weighted by atomic mass is 9.66. The quantitative estimate of drug-likeness (QED) is 0.870. The van der Waals surface area contributed by atoms with Crippen molar-refractivity contribution in [3.63, 3.8) is 0 Å². The molecule has 0 unspecified atom stereocenters. The molecule has 1 aromatic rings. The zero-order valence-corrected chi connectivity index (χ0v) is 15.5. The van der Waals surface area contributed by atoms with Crippen LogP contribution < -0.4 is 5.73 Å². The Bertz CT molecular complexity index is 546. The number of piperidine rings is 1. The zero-order valence-electron chi connectivity index (χ0n) is 13.9. The summed E-state index contributed by atoms with van der Waals surface area (Å²) >= 11 is 5.93. The van der Waals surface area contributed by atoms with Gasteiger partial charge in [-0.25, -0.2) is 0 Å². The van der Waals surface area contributed by atoms with Gasteiger partial charge in [0, 0.05) is 36.0 Å². The monoisotopic (exact) mass is 360 g/mol. The summed E-state index contributed by atoms with van der Waals surface area (Å²) in [5, 5.41) is 11.9. The molecule has 1 saturated heterocycles. The smallest absolute Gasteiger partial charge is 0.224 e. The third kappa shape index (κ3) is 4.18. The summed E-state index contributed by atoms with van der Waals surface area (Å²) < 4.78 is 0. The van der Waals surface area contributed by atoms with Crippen LogP contribution in [0.15, 0.2) is 24.3 Å². The summed E-state index contributed by atoms with van der Waals surface area (Å²) in [5.41, 5.74) is 5.14. The normalized spacial score (nSPS) is 24.7. The Balaban J connectivity index is 0.00000264. The minimum Gasteiger partial charge on any atom is -0.384 e. The van der Waals surface area contributed by atoms with E-state index < -0.39 is 11.0 Å². The van der Waals surface area contributed by atoms with Crippen LogP contribution in [-0.4, -0.2) is 35.0 Å². The topological polar surface area (TPSA) is 66.6 Å². The van der Waals surface area contributed by atoms with Crippen molar-refractivity contribution in [2.75, 3.05) is 13.1 Å². The number of aliphatic hydroxyl groups is 1. The molecule has 130 valence electrons. The first kappa shape index (κ1) is 20.2. The highest BCUT2D eigenvalue weighted by atomic mass is 35.5. The molecule has 6 heteroatoms. The van der Waals surface area contributed by atoms with E-state index in [4.69, 9.17) is 17.3 Å². The first-order valence-electron chi connectivity index (χ1n) is 7.67. The Morgan fingerprint density at radius 2 is 1.96 bits per heavy atom. The highest BCUT2D eigenvalue weighted by molar-refractivity contribution is 6.30. The largest absolute Gasteiger partial charge is 0.384 e. The summed E-state index contributed by atoms with van der Waals surface area (Å²) in [6.45, 7) is 6.86. The van der Waals surface area contributed by atoms with E-state index in [0.29, 0.717) is 31.0 Å². The molecular weight excluding hydrogens is 335 g/mol.